The van der Waals surface area contributed by atoms with Gasteiger partial charge in [-0.3, -0.25) is 4.79 Å². The van der Waals surface area contributed by atoms with E-state index in [9.17, 15) is 4.79 Å². The quantitative estimate of drug-likeness (QED) is 0.774. The molecule has 0 unspecified atom stereocenters. The standard InChI is InChI=1S/C21H28N6O2/c1-3-4-18-25-13(2)7-19(26-18)27-10-15-14(17-5-6-21(15,11-27)29-17)8-23-20(28)16-9-22-12-24-16/h7,9,12,14-15,17H,3-6,8,10-11H2,1-2H3,(H,22,24)(H,23,28)/t14-,15+,17+,21+/m0/s1. The number of nitrogens with zero attached hydrogens (tertiary/aromatic N) is 4. The first-order valence-electron chi connectivity index (χ1n) is 10.6. The highest BCUT2D eigenvalue weighted by atomic mass is 16.5. The molecule has 5 heterocycles. The SMILES string of the molecule is CCCc1nc(C)cc(N2C[C@@H]3[C@H](CNC(=O)c4cnc[nH]4)[C@H]4CC[C@]3(C2)O4)n1. The molecular weight excluding hydrogens is 368 g/mol. The molecule has 0 aromatic carbocycles. The van der Waals surface area contributed by atoms with E-state index in [-0.39, 0.29) is 17.6 Å². The van der Waals surface area contributed by atoms with Crippen molar-refractivity contribution < 1.29 is 9.53 Å². The van der Waals surface area contributed by atoms with Gasteiger partial charge in [0.2, 0.25) is 0 Å². The molecule has 0 radical (unpaired) electrons. The lowest BCUT2D eigenvalue weighted by atomic mass is 9.73. The topological polar surface area (TPSA) is 96.0 Å². The zero-order chi connectivity index (χ0) is 20.0. The second kappa shape index (κ2) is 7.09. The third-order valence-electron chi connectivity index (χ3n) is 6.71. The first kappa shape index (κ1) is 18.5. The minimum atomic E-state index is -0.107. The summed E-state index contributed by atoms with van der Waals surface area (Å²) in [7, 11) is 0. The summed E-state index contributed by atoms with van der Waals surface area (Å²) < 4.78 is 6.52. The Bertz CT molecular complexity index is 901. The van der Waals surface area contributed by atoms with Gasteiger partial charge < -0.3 is 19.9 Å². The number of aryl methyl sites for hydroxylation is 2. The predicted octanol–water partition coefficient (Wildman–Crippen LogP) is 1.87. The minimum Gasteiger partial charge on any atom is -0.369 e. The van der Waals surface area contributed by atoms with E-state index in [1.165, 1.54) is 6.33 Å². The maximum absolute atomic E-state index is 12.3. The van der Waals surface area contributed by atoms with E-state index in [4.69, 9.17) is 9.72 Å². The number of carbonyl (C=O) groups excluding carboxylic acids is 1. The maximum Gasteiger partial charge on any atom is 0.269 e. The van der Waals surface area contributed by atoms with Gasteiger partial charge in [0.15, 0.2) is 0 Å². The number of hydrogen-bond acceptors (Lipinski definition) is 6. The fourth-order valence-corrected chi connectivity index (χ4v) is 5.43. The molecular formula is C21H28N6O2. The summed E-state index contributed by atoms with van der Waals surface area (Å²) in [4.78, 5) is 30.9. The van der Waals surface area contributed by atoms with Gasteiger partial charge in [-0.25, -0.2) is 15.0 Å². The van der Waals surface area contributed by atoms with Crippen molar-refractivity contribution in [2.45, 2.75) is 51.2 Å². The summed E-state index contributed by atoms with van der Waals surface area (Å²) >= 11 is 0. The van der Waals surface area contributed by atoms with Gasteiger partial charge in [0.1, 0.15) is 17.3 Å². The molecule has 1 amide bonds. The molecule has 0 saturated carbocycles. The van der Waals surface area contributed by atoms with Gasteiger partial charge in [0.25, 0.3) is 5.91 Å². The number of carbonyl (C=O) groups is 1. The third kappa shape index (κ3) is 3.19. The Labute approximate surface area is 170 Å². The van der Waals surface area contributed by atoms with Gasteiger partial charge >= 0.3 is 0 Å². The fraction of sp³-hybridized carbons (Fsp3) is 0.619. The molecule has 3 saturated heterocycles. The van der Waals surface area contributed by atoms with Gasteiger partial charge in [0.05, 0.1) is 24.2 Å². The van der Waals surface area contributed by atoms with Crippen LogP contribution in [0.15, 0.2) is 18.6 Å². The average Bonchev–Trinajstić information content (AvgIpc) is 3.46. The Kier molecular flexibility index (Phi) is 4.53. The number of ether oxygens (including phenoxy) is 1. The normalized spacial score (nSPS) is 30.0. The van der Waals surface area contributed by atoms with E-state index in [1.54, 1.807) is 6.20 Å². The van der Waals surface area contributed by atoms with E-state index in [2.05, 4.69) is 38.2 Å². The first-order chi connectivity index (χ1) is 14.1. The van der Waals surface area contributed by atoms with Crippen LogP contribution in [-0.2, 0) is 11.2 Å². The van der Waals surface area contributed by atoms with Crippen molar-refractivity contribution in [3.05, 3.63) is 35.8 Å². The van der Waals surface area contributed by atoms with Crippen molar-refractivity contribution in [3.63, 3.8) is 0 Å². The van der Waals surface area contributed by atoms with Gasteiger partial charge in [-0.15, -0.1) is 0 Å². The molecule has 154 valence electrons. The van der Waals surface area contributed by atoms with Crippen LogP contribution in [-0.4, -0.2) is 57.2 Å². The smallest absolute Gasteiger partial charge is 0.269 e. The largest absolute Gasteiger partial charge is 0.369 e. The predicted molar refractivity (Wildman–Crippen MR) is 108 cm³/mol. The second-order valence-electron chi connectivity index (χ2n) is 8.62. The van der Waals surface area contributed by atoms with E-state index in [0.29, 0.717) is 24.1 Å². The molecule has 4 atom stereocenters. The fourth-order valence-electron chi connectivity index (χ4n) is 5.43. The summed E-state index contributed by atoms with van der Waals surface area (Å²) in [5.41, 5.74) is 1.41. The zero-order valence-electron chi connectivity index (χ0n) is 17.0. The maximum atomic E-state index is 12.3. The number of hydrogen-bond donors (Lipinski definition) is 2. The Balaban J connectivity index is 1.31. The van der Waals surface area contributed by atoms with Crippen molar-refractivity contribution in [2.75, 3.05) is 24.5 Å². The highest BCUT2D eigenvalue weighted by Gasteiger charge is 2.63. The number of amides is 1. The molecule has 3 aliphatic rings. The number of anilines is 1. The van der Waals surface area contributed by atoms with Crippen LogP contribution in [0.3, 0.4) is 0 Å². The highest BCUT2D eigenvalue weighted by molar-refractivity contribution is 5.91. The van der Waals surface area contributed by atoms with E-state index >= 15 is 0 Å². The summed E-state index contributed by atoms with van der Waals surface area (Å²) in [6.07, 6.45) is 7.42. The van der Waals surface area contributed by atoms with Crippen LogP contribution in [0.2, 0.25) is 0 Å². The molecule has 1 spiro atoms. The molecule has 8 heteroatoms. The zero-order valence-corrected chi connectivity index (χ0v) is 17.0. The lowest BCUT2D eigenvalue weighted by molar-refractivity contribution is 0.0141. The van der Waals surface area contributed by atoms with Crippen LogP contribution in [0.1, 0.15) is 48.2 Å². The van der Waals surface area contributed by atoms with Crippen LogP contribution < -0.4 is 10.2 Å². The first-order valence-corrected chi connectivity index (χ1v) is 10.6. The van der Waals surface area contributed by atoms with E-state index < -0.39 is 0 Å². The summed E-state index contributed by atoms with van der Waals surface area (Å²) in [5, 5.41) is 3.08. The molecule has 3 aliphatic heterocycles. The van der Waals surface area contributed by atoms with Crippen LogP contribution in [0.25, 0.3) is 0 Å². The third-order valence-corrected chi connectivity index (χ3v) is 6.71. The molecule has 8 nitrogen and oxygen atoms in total. The molecule has 29 heavy (non-hydrogen) atoms. The van der Waals surface area contributed by atoms with E-state index in [1.807, 2.05) is 6.92 Å². The van der Waals surface area contributed by atoms with Crippen LogP contribution in [0.4, 0.5) is 5.82 Å². The molecule has 5 rings (SSSR count). The number of H-pyrrole nitrogens is 1. The number of aromatic nitrogens is 4. The van der Waals surface area contributed by atoms with Crippen molar-refractivity contribution in [1.29, 1.82) is 0 Å². The number of imidazole rings is 1. The summed E-state index contributed by atoms with van der Waals surface area (Å²) in [6, 6.07) is 2.08. The Hall–Kier alpha value is -2.48. The molecule has 2 aromatic heterocycles. The van der Waals surface area contributed by atoms with Crippen molar-refractivity contribution in [2.24, 2.45) is 11.8 Å². The Morgan fingerprint density at radius 3 is 3.14 bits per heavy atom. The van der Waals surface area contributed by atoms with Crippen LogP contribution in [0, 0.1) is 18.8 Å². The Morgan fingerprint density at radius 2 is 2.34 bits per heavy atom. The van der Waals surface area contributed by atoms with Gasteiger partial charge in [-0.05, 0) is 26.2 Å². The molecule has 2 bridgehead atoms. The minimum absolute atomic E-state index is 0.0994. The lowest BCUT2D eigenvalue weighted by Crippen LogP contribution is -2.42. The monoisotopic (exact) mass is 396 g/mol. The number of nitrogens with one attached hydrogen (secondary N) is 2. The van der Waals surface area contributed by atoms with Crippen molar-refractivity contribution in [3.8, 4) is 0 Å². The van der Waals surface area contributed by atoms with Crippen molar-refractivity contribution >= 4 is 11.7 Å². The Morgan fingerprint density at radius 1 is 1.45 bits per heavy atom. The van der Waals surface area contributed by atoms with E-state index in [0.717, 1.165) is 56.1 Å². The molecule has 2 aromatic rings. The van der Waals surface area contributed by atoms with Crippen molar-refractivity contribution in [1.82, 2.24) is 25.3 Å². The van der Waals surface area contributed by atoms with Crippen LogP contribution in [0.5, 0.6) is 0 Å². The summed E-state index contributed by atoms with van der Waals surface area (Å²) in [5.74, 6) is 2.57. The number of rotatable bonds is 6. The molecule has 2 N–H and O–H groups in total. The van der Waals surface area contributed by atoms with Gasteiger partial charge in [-0.2, -0.15) is 0 Å². The van der Waals surface area contributed by atoms with Crippen LogP contribution >= 0.6 is 0 Å². The average molecular weight is 396 g/mol. The highest BCUT2D eigenvalue weighted by Crippen LogP contribution is 2.55. The van der Waals surface area contributed by atoms with Gasteiger partial charge in [-0.1, -0.05) is 6.92 Å². The second-order valence-corrected chi connectivity index (χ2v) is 8.62. The number of fused-ring (bicyclic) bond motifs is 1. The summed E-state index contributed by atoms with van der Waals surface area (Å²) in [6.45, 7) is 6.62. The van der Waals surface area contributed by atoms with Gasteiger partial charge in [0, 0.05) is 49.7 Å². The molecule has 0 aliphatic carbocycles. The lowest BCUT2D eigenvalue weighted by Gasteiger charge is -2.29. The number of aromatic amines is 1. The molecule has 3 fully saturated rings.